The fourth-order valence-corrected chi connectivity index (χ4v) is 2.82. The topological polar surface area (TPSA) is 58.6 Å². The van der Waals surface area contributed by atoms with Crippen LogP contribution in [0, 0.1) is 0 Å². The lowest BCUT2D eigenvalue weighted by Gasteiger charge is -2.11. The van der Waals surface area contributed by atoms with Crippen molar-refractivity contribution < 1.29 is 14.3 Å². The van der Waals surface area contributed by atoms with Gasteiger partial charge in [-0.3, -0.25) is 9.59 Å². The van der Waals surface area contributed by atoms with Crippen LogP contribution in [0.1, 0.15) is 26.3 Å². The molecule has 0 aliphatic heterocycles. The van der Waals surface area contributed by atoms with Crippen molar-refractivity contribution in [3.05, 3.63) is 95.6 Å². The molecule has 0 unspecified atom stereocenters. The first-order valence-electron chi connectivity index (χ1n) is 9.43. The summed E-state index contributed by atoms with van der Waals surface area (Å²) in [7, 11) is 3.40. The number of ether oxygens (including phenoxy) is 1. The van der Waals surface area contributed by atoms with Gasteiger partial charge in [0.15, 0.2) is 0 Å². The molecular weight excluding hydrogens is 364 g/mol. The monoisotopic (exact) mass is 388 g/mol. The Balaban J connectivity index is 1.58. The van der Waals surface area contributed by atoms with Gasteiger partial charge in [-0.1, -0.05) is 36.4 Å². The Kier molecular flexibility index (Phi) is 6.63. The molecule has 5 heteroatoms. The summed E-state index contributed by atoms with van der Waals surface area (Å²) in [5.74, 6) is 0.342. The molecule has 1 N–H and O–H groups in total. The Hall–Kier alpha value is -3.60. The van der Waals surface area contributed by atoms with E-state index < -0.39 is 0 Å². The molecule has 0 atom stereocenters. The first kappa shape index (κ1) is 20.1. The van der Waals surface area contributed by atoms with Gasteiger partial charge < -0.3 is 15.0 Å². The molecular formula is C24H24N2O3. The van der Waals surface area contributed by atoms with E-state index in [1.54, 1.807) is 56.6 Å². The van der Waals surface area contributed by atoms with E-state index in [2.05, 4.69) is 17.4 Å². The molecule has 2 amide bonds. The van der Waals surface area contributed by atoms with E-state index in [-0.39, 0.29) is 11.8 Å². The summed E-state index contributed by atoms with van der Waals surface area (Å²) in [4.78, 5) is 26.0. The molecule has 0 aliphatic rings. The van der Waals surface area contributed by atoms with Crippen molar-refractivity contribution in [3.8, 4) is 5.75 Å². The Bertz CT molecular complexity index is 967. The van der Waals surface area contributed by atoms with Gasteiger partial charge in [0.05, 0.1) is 6.61 Å². The highest BCUT2D eigenvalue weighted by Gasteiger charge is 2.10. The minimum absolute atomic E-state index is 0.0803. The Morgan fingerprint density at radius 2 is 1.59 bits per heavy atom. The molecule has 0 aromatic heterocycles. The molecule has 0 heterocycles. The highest BCUT2D eigenvalue weighted by atomic mass is 16.5. The predicted molar refractivity (Wildman–Crippen MR) is 114 cm³/mol. The molecule has 0 bridgehead atoms. The predicted octanol–water partition coefficient (Wildman–Crippen LogP) is 4.26. The van der Waals surface area contributed by atoms with Crippen molar-refractivity contribution in [2.24, 2.45) is 0 Å². The summed E-state index contributed by atoms with van der Waals surface area (Å²) < 4.78 is 5.79. The summed E-state index contributed by atoms with van der Waals surface area (Å²) in [6.07, 6.45) is 0.801. The van der Waals surface area contributed by atoms with Gasteiger partial charge in [0, 0.05) is 37.3 Å². The number of amides is 2. The average Bonchev–Trinajstić information content (AvgIpc) is 2.74. The van der Waals surface area contributed by atoms with E-state index in [0.29, 0.717) is 29.2 Å². The number of hydrogen-bond donors (Lipinski definition) is 1. The van der Waals surface area contributed by atoms with Gasteiger partial charge in [0.1, 0.15) is 5.75 Å². The van der Waals surface area contributed by atoms with Crippen LogP contribution in [-0.4, -0.2) is 37.4 Å². The number of carbonyl (C=O) groups is 2. The average molecular weight is 388 g/mol. The van der Waals surface area contributed by atoms with E-state index in [0.717, 1.165) is 6.42 Å². The minimum atomic E-state index is -0.231. The van der Waals surface area contributed by atoms with Crippen molar-refractivity contribution in [1.29, 1.82) is 0 Å². The van der Waals surface area contributed by atoms with Gasteiger partial charge >= 0.3 is 0 Å². The number of rotatable bonds is 7. The van der Waals surface area contributed by atoms with Crippen LogP contribution in [-0.2, 0) is 6.42 Å². The van der Waals surface area contributed by atoms with Crippen molar-refractivity contribution in [2.75, 3.05) is 26.0 Å². The molecule has 3 aromatic rings. The van der Waals surface area contributed by atoms with Gasteiger partial charge in [-0.15, -0.1) is 0 Å². The van der Waals surface area contributed by atoms with Crippen LogP contribution in [0.3, 0.4) is 0 Å². The van der Waals surface area contributed by atoms with Crippen LogP contribution in [0.25, 0.3) is 0 Å². The summed E-state index contributed by atoms with van der Waals surface area (Å²) in [6.45, 7) is 0.538. The van der Waals surface area contributed by atoms with Gasteiger partial charge in [0.2, 0.25) is 0 Å². The maximum atomic E-state index is 12.5. The molecule has 5 nitrogen and oxygen atoms in total. The number of carbonyl (C=O) groups excluding carboxylic acids is 2. The zero-order chi connectivity index (χ0) is 20.6. The lowest BCUT2D eigenvalue weighted by molar-refractivity contribution is 0.0827. The maximum absolute atomic E-state index is 12.5. The van der Waals surface area contributed by atoms with Crippen molar-refractivity contribution >= 4 is 17.5 Å². The second-order valence-corrected chi connectivity index (χ2v) is 6.84. The van der Waals surface area contributed by atoms with Crippen LogP contribution < -0.4 is 10.1 Å². The lowest BCUT2D eigenvalue weighted by Crippen LogP contribution is -2.21. The number of hydrogen-bond acceptors (Lipinski definition) is 3. The number of nitrogens with one attached hydrogen (secondary N) is 1. The van der Waals surface area contributed by atoms with Crippen molar-refractivity contribution in [2.45, 2.75) is 6.42 Å². The van der Waals surface area contributed by atoms with E-state index >= 15 is 0 Å². The Labute approximate surface area is 170 Å². The third-order valence-electron chi connectivity index (χ3n) is 4.39. The van der Waals surface area contributed by atoms with Crippen LogP contribution >= 0.6 is 0 Å². The van der Waals surface area contributed by atoms with Crippen LogP contribution in [0.2, 0.25) is 0 Å². The SMILES string of the molecule is CN(C)C(=O)c1ccc(NC(=O)c2cccc(OCCc3ccccc3)c2)cc1. The van der Waals surface area contributed by atoms with Crippen molar-refractivity contribution in [1.82, 2.24) is 4.90 Å². The summed E-state index contributed by atoms with van der Waals surface area (Å²) in [5.41, 5.74) is 2.91. The zero-order valence-electron chi connectivity index (χ0n) is 16.6. The van der Waals surface area contributed by atoms with E-state index in [1.807, 2.05) is 24.3 Å². The van der Waals surface area contributed by atoms with E-state index in [1.165, 1.54) is 10.5 Å². The molecule has 0 spiro atoms. The van der Waals surface area contributed by atoms with Crippen LogP contribution in [0.4, 0.5) is 5.69 Å². The molecule has 148 valence electrons. The zero-order valence-corrected chi connectivity index (χ0v) is 16.6. The molecule has 0 radical (unpaired) electrons. The summed E-state index contributed by atoms with van der Waals surface area (Å²) in [6, 6.07) is 24.0. The molecule has 0 aliphatic carbocycles. The molecule has 0 saturated carbocycles. The summed E-state index contributed by atoms with van der Waals surface area (Å²) in [5, 5.41) is 2.84. The molecule has 0 saturated heterocycles. The highest BCUT2D eigenvalue weighted by molar-refractivity contribution is 6.04. The third kappa shape index (κ3) is 5.69. The Morgan fingerprint density at radius 1 is 0.862 bits per heavy atom. The van der Waals surface area contributed by atoms with E-state index in [9.17, 15) is 9.59 Å². The number of anilines is 1. The fourth-order valence-electron chi connectivity index (χ4n) is 2.82. The molecule has 0 fully saturated rings. The number of nitrogens with zero attached hydrogens (tertiary/aromatic N) is 1. The second-order valence-electron chi connectivity index (χ2n) is 6.84. The quantitative estimate of drug-likeness (QED) is 0.658. The fraction of sp³-hybridized carbons (Fsp3) is 0.167. The first-order valence-corrected chi connectivity index (χ1v) is 9.43. The number of benzene rings is 3. The molecule has 29 heavy (non-hydrogen) atoms. The van der Waals surface area contributed by atoms with Crippen LogP contribution in [0.5, 0.6) is 5.75 Å². The van der Waals surface area contributed by atoms with Crippen LogP contribution in [0.15, 0.2) is 78.9 Å². The summed E-state index contributed by atoms with van der Waals surface area (Å²) >= 11 is 0. The minimum Gasteiger partial charge on any atom is -0.493 e. The van der Waals surface area contributed by atoms with Crippen molar-refractivity contribution in [3.63, 3.8) is 0 Å². The smallest absolute Gasteiger partial charge is 0.255 e. The molecule has 3 rings (SSSR count). The lowest BCUT2D eigenvalue weighted by atomic mass is 10.1. The molecule has 3 aromatic carbocycles. The van der Waals surface area contributed by atoms with Gasteiger partial charge in [-0.25, -0.2) is 0 Å². The first-order chi connectivity index (χ1) is 14.0. The standard InChI is InChI=1S/C24H24N2O3/c1-26(2)24(28)19-11-13-21(14-12-19)25-23(27)20-9-6-10-22(17-20)29-16-15-18-7-4-3-5-8-18/h3-14,17H,15-16H2,1-2H3,(H,25,27). The van der Waals surface area contributed by atoms with Gasteiger partial charge in [0.25, 0.3) is 11.8 Å². The maximum Gasteiger partial charge on any atom is 0.255 e. The normalized spacial score (nSPS) is 10.3. The van der Waals surface area contributed by atoms with Gasteiger partial charge in [-0.2, -0.15) is 0 Å². The third-order valence-corrected chi connectivity index (χ3v) is 4.39. The highest BCUT2D eigenvalue weighted by Crippen LogP contribution is 2.17. The van der Waals surface area contributed by atoms with Gasteiger partial charge in [-0.05, 0) is 48.0 Å². The second kappa shape index (κ2) is 9.55. The Morgan fingerprint density at radius 3 is 2.28 bits per heavy atom. The largest absolute Gasteiger partial charge is 0.493 e. The van der Waals surface area contributed by atoms with E-state index in [4.69, 9.17) is 4.74 Å².